The predicted molar refractivity (Wildman–Crippen MR) is 80.7 cm³/mol. The molecule has 1 saturated heterocycles. The van der Waals surface area contributed by atoms with Crippen LogP contribution in [-0.2, 0) is 9.47 Å². The normalized spacial score (nSPS) is 17.9. The van der Waals surface area contributed by atoms with E-state index in [1.807, 2.05) is 6.07 Å². The SMILES string of the molecule is CCCCNc1cc(OCCOC)nc(C2CCCO2)n1. The zero-order chi connectivity index (χ0) is 14.9. The van der Waals surface area contributed by atoms with Crippen LogP contribution in [0.15, 0.2) is 6.07 Å². The van der Waals surface area contributed by atoms with E-state index >= 15 is 0 Å². The van der Waals surface area contributed by atoms with Gasteiger partial charge in [-0.15, -0.1) is 0 Å². The van der Waals surface area contributed by atoms with E-state index in [2.05, 4.69) is 22.2 Å². The van der Waals surface area contributed by atoms with Crippen molar-refractivity contribution in [2.24, 2.45) is 0 Å². The zero-order valence-corrected chi connectivity index (χ0v) is 12.9. The van der Waals surface area contributed by atoms with Gasteiger partial charge in [-0.25, -0.2) is 4.98 Å². The summed E-state index contributed by atoms with van der Waals surface area (Å²) in [6.45, 7) is 4.86. The molecule has 21 heavy (non-hydrogen) atoms. The Kier molecular flexibility index (Phi) is 6.69. The fourth-order valence-corrected chi connectivity index (χ4v) is 2.16. The van der Waals surface area contributed by atoms with Crippen molar-refractivity contribution in [1.82, 2.24) is 9.97 Å². The van der Waals surface area contributed by atoms with E-state index < -0.39 is 0 Å². The molecule has 0 bridgehead atoms. The zero-order valence-electron chi connectivity index (χ0n) is 12.9. The number of aromatic nitrogens is 2. The number of ether oxygens (including phenoxy) is 3. The third-order valence-electron chi connectivity index (χ3n) is 3.31. The largest absolute Gasteiger partial charge is 0.475 e. The number of nitrogens with zero attached hydrogens (tertiary/aromatic N) is 2. The summed E-state index contributed by atoms with van der Waals surface area (Å²) < 4.78 is 16.3. The summed E-state index contributed by atoms with van der Waals surface area (Å²) in [7, 11) is 1.65. The summed E-state index contributed by atoms with van der Waals surface area (Å²) in [6.07, 6.45) is 4.27. The molecule has 118 valence electrons. The maximum atomic E-state index is 5.67. The first-order chi connectivity index (χ1) is 10.3. The number of unbranched alkanes of at least 4 members (excludes halogenated alkanes) is 1. The van der Waals surface area contributed by atoms with E-state index in [1.54, 1.807) is 7.11 Å². The van der Waals surface area contributed by atoms with Crippen LogP contribution in [0.1, 0.15) is 44.5 Å². The summed E-state index contributed by atoms with van der Waals surface area (Å²) >= 11 is 0. The smallest absolute Gasteiger partial charge is 0.218 e. The first-order valence-electron chi connectivity index (χ1n) is 7.69. The lowest BCUT2D eigenvalue weighted by Crippen LogP contribution is -2.11. The van der Waals surface area contributed by atoms with Gasteiger partial charge in [-0.2, -0.15) is 4.98 Å². The first-order valence-corrected chi connectivity index (χ1v) is 7.69. The maximum absolute atomic E-state index is 5.67. The minimum Gasteiger partial charge on any atom is -0.475 e. The molecule has 6 heteroatoms. The summed E-state index contributed by atoms with van der Waals surface area (Å²) in [4.78, 5) is 9.02. The Labute approximate surface area is 126 Å². The Morgan fingerprint density at radius 1 is 1.38 bits per heavy atom. The van der Waals surface area contributed by atoms with E-state index in [4.69, 9.17) is 14.2 Å². The highest BCUT2D eigenvalue weighted by atomic mass is 16.5. The molecule has 1 unspecified atom stereocenters. The molecule has 0 radical (unpaired) electrons. The van der Waals surface area contributed by atoms with Crippen molar-refractivity contribution in [2.45, 2.75) is 38.7 Å². The van der Waals surface area contributed by atoms with Crippen molar-refractivity contribution in [3.05, 3.63) is 11.9 Å². The fourth-order valence-electron chi connectivity index (χ4n) is 2.16. The van der Waals surface area contributed by atoms with Crippen molar-refractivity contribution in [3.8, 4) is 5.88 Å². The van der Waals surface area contributed by atoms with Crippen LogP contribution in [0.3, 0.4) is 0 Å². The number of rotatable bonds is 9. The van der Waals surface area contributed by atoms with Gasteiger partial charge in [-0.3, -0.25) is 0 Å². The summed E-state index contributed by atoms with van der Waals surface area (Å²) in [5, 5.41) is 3.32. The minimum absolute atomic E-state index is 0.0114. The van der Waals surface area contributed by atoms with Gasteiger partial charge in [0.2, 0.25) is 5.88 Å². The molecule has 1 aliphatic rings. The third-order valence-corrected chi connectivity index (χ3v) is 3.31. The van der Waals surface area contributed by atoms with Crippen molar-refractivity contribution in [2.75, 3.05) is 38.8 Å². The number of methoxy groups -OCH3 is 1. The Bertz CT molecular complexity index is 394. The standard InChI is InChI=1S/C15H25N3O3/c1-3-4-7-16-13-11-14(21-10-9-19-2)18-15(17-13)12-6-5-8-20-12/h11-12H,3-10H2,1-2H3,(H,16,17,18). The highest BCUT2D eigenvalue weighted by Gasteiger charge is 2.22. The van der Waals surface area contributed by atoms with Gasteiger partial charge >= 0.3 is 0 Å². The number of hydrogen-bond acceptors (Lipinski definition) is 6. The van der Waals surface area contributed by atoms with Gasteiger partial charge in [0.15, 0.2) is 5.82 Å². The van der Waals surface area contributed by atoms with Crippen LogP contribution in [-0.4, -0.2) is 43.4 Å². The van der Waals surface area contributed by atoms with Crippen LogP contribution in [0, 0.1) is 0 Å². The molecule has 0 saturated carbocycles. The molecular formula is C15H25N3O3. The van der Waals surface area contributed by atoms with Gasteiger partial charge in [0, 0.05) is 26.3 Å². The van der Waals surface area contributed by atoms with Crippen LogP contribution < -0.4 is 10.1 Å². The molecule has 1 aromatic rings. The molecule has 1 atom stereocenters. The molecule has 1 fully saturated rings. The lowest BCUT2D eigenvalue weighted by atomic mass is 10.2. The lowest BCUT2D eigenvalue weighted by Gasteiger charge is -2.13. The molecule has 0 spiro atoms. The molecule has 2 rings (SSSR count). The molecule has 0 aliphatic carbocycles. The van der Waals surface area contributed by atoms with Gasteiger partial charge in [-0.05, 0) is 19.3 Å². The molecule has 1 aromatic heterocycles. The van der Waals surface area contributed by atoms with Gasteiger partial charge in [0.05, 0.1) is 6.61 Å². The summed E-state index contributed by atoms with van der Waals surface area (Å²) in [5.74, 6) is 2.09. The second-order valence-electron chi connectivity index (χ2n) is 5.07. The quantitative estimate of drug-likeness (QED) is 0.706. The molecule has 1 aliphatic heterocycles. The van der Waals surface area contributed by atoms with E-state index in [1.165, 1.54) is 0 Å². The van der Waals surface area contributed by atoms with E-state index in [-0.39, 0.29) is 6.10 Å². The van der Waals surface area contributed by atoms with Crippen molar-refractivity contribution < 1.29 is 14.2 Å². The Morgan fingerprint density at radius 3 is 3.00 bits per heavy atom. The van der Waals surface area contributed by atoms with E-state index in [0.717, 1.165) is 44.7 Å². The number of hydrogen-bond donors (Lipinski definition) is 1. The average molecular weight is 295 g/mol. The molecular weight excluding hydrogens is 270 g/mol. The van der Waals surface area contributed by atoms with Crippen molar-refractivity contribution in [1.29, 1.82) is 0 Å². The lowest BCUT2D eigenvalue weighted by molar-refractivity contribution is 0.103. The van der Waals surface area contributed by atoms with Crippen molar-refractivity contribution in [3.63, 3.8) is 0 Å². The van der Waals surface area contributed by atoms with Crippen LogP contribution in [0.5, 0.6) is 5.88 Å². The Balaban J connectivity index is 2.06. The van der Waals surface area contributed by atoms with Crippen LogP contribution in [0.25, 0.3) is 0 Å². The van der Waals surface area contributed by atoms with E-state index in [0.29, 0.717) is 24.9 Å². The van der Waals surface area contributed by atoms with Gasteiger partial charge in [-0.1, -0.05) is 13.3 Å². The van der Waals surface area contributed by atoms with Gasteiger partial charge < -0.3 is 19.5 Å². The Morgan fingerprint density at radius 2 is 2.29 bits per heavy atom. The van der Waals surface area contributed by atoms with E-state index in [9.17, 15) is 0 Å². The molecule has 2 heterocycles. The number of anilines is 1. The maximum Gasteiger partial charge on any atom is 0.218 e. The predicted octanol–water partition coefficient (Wildman–Crippen LogP) is 2.57. The highest BCUT2D eigenvalue weighted by molar-refractivity contribution is 5.38. The van der Waals surface area contributed by atoms with Crippen molar-refractivity contribution >= 4 is 5.82 Å². The number of nitrogens with one attached hydrogen (secondary N) is 1. The summed E-state index contributed by atoms with van der Waals surface area (Å²) in [6, 6.07) is 1.84. The van der Waals surface area contributed by atoms with Gasteiger partial charge in [0.1, 0.15) is 18.5 Å². The highest BCUT2D eigenvalue weighted by Crippen LogP contribution is 2.28. The topological polar surface area (TPSA) is 65.5 Å². The molecule has 1 N–H and O–H groups in total. The summed E-state index contributed by atoms with van der Waals surface area (Å²) in [5.41, 5.74) is 0. The first kappa shape index (κ1) is 16.0. The average Bonchev–Trinajstić information content (AvgIpc) is 3.02. The second-order valence-corrected chi connectivity index (χ2v) is 5.07. The fraction of sp³-hybridized carbons (Fsp3) is 0.733. The van der Waals surface area contributed by atoms with Crippen LogP contribution in [0.4, 0.5) is 5.82 Å². The molecule has 0 aromatic carbocycles. The minimum atomic E-state index is -0.0114. The van der Waals surface area contributed by atoms with Gasteiger partial charge in [0.25, 0.3) is 0 Å². The second kappa shape index (κ2) is 8.79. The monoisotopic (exact) mass is 295 g/mol. The molecule has 6 nitrogen and oxygen atoms in total. The van der Waals surface area contributed by atoms with Crippen LogP contribution in [0.2, 0.25) is 0 Å². The third kappa shape index (κ3) is 5.13. The van der Waals surface area contributed by atoms with Crippen LogP contribution >= 0.6 is 0 Å². The molecule has 0 amide bonds. The Hall–Kier alpha value is -1.40.